The maximum Gasteiger partial charge on any atom is 0.407 e. The molecule has 0 fully saturated rings. The summed E-state index contributed by atoms with van der Waals surface area (Å²) in [6.45, 7) is 4.65. The van der Waals surface area contributed by atoms with Crippen LogP contribution in [-0.4, -0.2) is 49.9 Å². The number of amides is 1. The number of ether oxygens (including phenoxy) is 1. The molecule has 0 aromatic heterocycles. The molecule has 8 nitrogen and oxygen atoms in total. The normalized spacial score (nSPS) is 14.2. The Morgan fingerprint density at radius 3 is 2.14 bits per heavy atom. The first-order chi connectivity index (χ1) is 10.0. The summed E-state index contributed by atoms with van der Waals surface area (Å²) < 4.78 is 4.96. The van der Waals surface area contributed by atoms with Crippen LogP contribution in [0, 0.1) is 0 Å². The highest BCUT2D eigenvalue weighted by molar-refractivity contribution is 5.67. The zero-order valence-electron chi connectivity index (χ0n) is 12.6. The molecule has 1 rings (SSSR count). The molecule has 2 unspecified atom stereocenters. The summed E-state index contributed by atoms with van der Waals surface area (Å²) in [7, 11) is 0. The topological polar surface area (TPSA) is 139 Å². The van der Waals surface area contributed by atoms with Gasteiger partial charge in [0.1, 0.15) is 35.1 Å². The van der Waals surface area contributed by atoms with Gasteiger partial charge in [0.15, 0.2) is 0 Å². The van der Waals surface area contributed by atoms with Crippen LogP contribution in [0.3, 0.4) is 0 Å². The number of hydrogen-bond donors (Lipinski definition) is 6. The summed E-state index contributed by atoms with van der Waals surface area (Å²) in [4.78, 5) is 11.4. The predicted molar refractivity (Wildman–Crippen MR) is 76.6 cm³/mol. The molecular weight excluding hydrogens is 294 g/mol. The third-order valence-corrected chi connectivity index (χ3v) is 2.64. The van der Waals surface area contributed by atoms with Gasteiger partial charge >= 0.3 is 6.09 Å². The Labute approximate surface area is 127 Å². The van der Waals surface area contributed by atoms with E-state index in [2.05, 4.69) is 5.32 Å². The number of alkyl carbamates (subject to hydrolysis) is 1. The van der Waals surface area contributed by atoms with E-state index in [1.54, 1.807) is 20.8 Å². The van der Waals surface area contributed by atoms with Crippen LogP contribution in [0.25, 0.3) is 0 Å². The van der Waals surface area contributed by atoms with Crippen molar-refractivity contribution in [3.63, 3.8) is 0 Å². The molecule has 0 bridgehead atoms. The molecule has 8 heteroatoms. The highest BCUT2D eigenvalue weighted by Gasteiger charge is 2.26. The molecule has 2 atom stereocenters. The fourth-order valence-corrected chi connectivity index (χ4v) is 1.72. The Hall–Kier alpha value is -2.19. The van der Waals surface area contributed by atoms with Crippen LogP contribution in [0.2, 0.25) is 0 Å². The Bertz CT molecular complexity index is 515. The third-order valence-electron chi connectivity index (χ3n) is 2.64. The van der Waals surface area contributed by atoms with Gasteiger partial charge in [0.05, 0.1) is 5.56 Å². The van der Waals surface area contributed by atoms with E-state index < -0.39 is 41.2 Å². The van der Waals surface area contributed by atoms with Crippen LogP contribution in [0.15, 0.2) is 12.1 Å². The van der Waals surface area contributed by atoms with E-state index in [4.69, 9.17) is 4.74 Å². The quantitative estimate of drug-likeness (QED) is 0.481. The lowest BCUT2D eigenvalue weighted by Gasteiger charge is -2.23. The molecule has 1 amide bonds. The smallest absolute Gasteiger partial charge is 0.407 e. The van der Waals surface area contributed by atoms with E-state index in [1.165, 1.54) is 0 Å². The number of carbonyl (C=O) groups is 1. The Morgan fingerprint density at radius 2 is 1.68 bits per heavy atom. The first-order valence-electron chi connectivity index (χ1n) is 6.59. The highest BCUT2D eigenvalue weighted by atomic mass is 16.6. The predicted octanol–water partition coefficient (Wildman–Crippen LogP) is 0.722. The van der Waals surface area contributed by atoms with E-state index in [9.17, 15) is 30.3 Å². The SMILES string of the molecule is CC(C)(C)OC(=O)NCC(O)C(O)c1c(O)cc(O)cc1O. The van der Waals surface area contributed by atoms with E-state index in [-0.39, 0.29) is 12.1 Å². The molecule has 0 spiro atoms. The maximum atomic E-state index is 11.4. The van der Waals surface area contributed by atoms with Gasteiger partial charge in [-0.15, -0.1) is 0 Å². The largest absolute Gasteiger partial charge is 0.508 e. The molecule has 0 aliphatic heterocycles. The van der Waals surface area contributed by atoms with Crippen molar-refractivity contribution >= 4 is 6.09 Å². The van der Waals surface area contributed by atoms with Gasteiger partial charge < -0.3 is 35.6 Å². The summed E-state index contributed by atoms with van der Waals surface area (Å²) in [5.41, 5.74) is -1.06. The molecule has 1 aromatic rings. The van der Waals surface area contributed by atoms with E-state index >= 15 is 0 Å². The summed E-state index contributed by atoms with van der Waals surface area (Å²) >= 11 is 0. The average Bonchev–Trinajstić information content (AvgIpc) is 2.32. The number of rotatable bonds is 4. The zero-order chi connectivity index (χ0) is 17.1. The van der Waals surface area contributed by atoms with E-state index in [0.29, 0.717) is 0 Å². The van der Waals surface area contributed by atoms with Gasteiger partial charge in [-0.05, 0) is 20.8 Å². The van der Waals surface area contributed by atoms with Crippen molar-refractivity contribution in [2.75, 3.05) is 6.54 Å². The van der Waals surface area contributed by atoms with Crippen molar-refractivity contribution in [2.24, 2.45) is 0 Å². The molecule has 1 aromatic carbocycles. The number of phenolic OH excluding ortho intramolecular Hbond substituents is 3. The third kappa shape index (κ3) is 4.97. The first-order valence-corrected chi connectivity index (χ1v) is 6.59. The van der Waals surface area contributed by atoms with Crippen molar-refractivity contribution < 1.29 is 35.1 Å². The standard InChI is InChI=1S/C14H21NO7/c1-14(2,3)22-13(21)15-6-10(19)12(20)11-8(17)4-7(16)5-9(11)18/h4-5,10,12,16-20H,6H2,1-3H3,(H,15,21). The van der Waals surface area contributed by atoms with Crippen molar-refractivity contribution in [1.82, 2.24) is 5.32 Å². The molecule has 0 heterocycles. The van der Waals surface area contributed by atoms with Gasteiger partial charge in [-0.25, -0.2) is 4.79 Å². The van der Waals surface area contributed by atoms with E-state index in [1.807, 2.05) is 0 Å². The number of hydrogen-bond acceptors (Lipinski definition) is 7. The van der Waals surface area contributed by atoms with Crippen LogP contribution in [0.1, 0.15) is 32.4 Å². The molecule has 124 valence electrons. The molecule has 0 aliphatic rings. The van der Waals surface area contributed by atoms with Crippen LogP contribution in [0.5, 0.6) is 17.2 Å². The Kier molecular flexibility index (Phi) is 5.45. The van der Waals surface area contributed by atoms with Gasteiger partial charge in [0.25, 0.3) is 0 Å². The lowest BCUT2D eigenvalue weighted by atomic mass is 10.0. The second-order valence-corrected chi connectivity index (χ2v) is 5.79. The first kappa shape index (κ1) is 17.9. The van der Waals surface area contributed by atoms with Crippen LogP contribution < -0.4 is 5.32 Å². The van der Waals surface area contributed by atoms with Crippen molar-refractivity contribution in [2.45, 2.75) is 38.6 Å². The number of aliphatic hydroxyl groups is 2. The minimum absolute atomic E-state index is 0.351. The number of aromatic hydroxyl groups is 3. The molecule has 0 radical (unpaired) electrons. The molecule has 0 saturated heterocycles. The number of carbonyl (C=O) groups excluding carboxylic acids is 1. The summed E-state index contributed by atoms with van der Waals surface area (Å²) in [6, 6.07) is 1.82. The number of phenols is 3. The number of nitrogens with one attached hydrogen (secondary N) is 1. The number of benzene rings is 1. The van der Waals surface area contributed by atoms with Crippen LogP contribution in [-0.2, 0) is 4.74 Å². The monoisotopic (exact) mass is 315 g/mol. The van der Waals surface area contributed by atoms with Gasteiger partial charge in [0.2, 0.25) is 0 Å². The van der Waals surface area contributed by atoms with Crippen LogP contribution >= 0.6 is 0 Å². The fourth-order valence-electron chi connectivity index (χ4n) is 1.72. The molecule has 0 aliphatic carbocycles. The van der Waals surface area contributed by atoms with E-state index in [0.717, 1.165) is 12.1 Å². The average molecular weight is 315 g/mol. The second kappa shape index (κ2) is 6.71. The lowest BCUT2D eigenvalue weighted by Crippen LogP contribution is -2.38. The fraction of sp³-hybridized carbons (Fsp3) is 0.500. The van der Waals surface area contributed by atoms with Gasteiger partial charge in [-0.1, -0.05) is 0 Å². The maximum absolute atomic E-state index is 11.4. The van der Waals surface area contributed by atoms with Crippen molar-refractivity contribution in [3.05, 3.63) is 17.7 Å². The Balaban J connectivity index is 2.70. The molecular formula is C14H21NO7. The summed E-state index contributed by atoms with van der Waals surface area (Å²) in [5, 5.41) is 50.5. The highest BCUT2D eigenvalue weighted by Crippen LogP contribution is 2.37. The summed E-state index contributed by atoms with van der Waals surface area (Å²) in [6.07, 6.45) is -3.96. The van der Waals surface area contributed by atoms with Crippen LogP contribution in [0.4, 0.5) is 4.79 Å². The number of aliphatic hydroxyl groups excluding tert-OH is 2. The molecule has 6 N–H and O–H groups in total. The molecule has 22 heavy (non-hydrogen) atoms. The summed E-state index contributed by atoms with van der Waals surface area (Å²) in [5.74, 6) is -1.56. The van der Waals surface area contributed by atoms with Crippen molar-refractivity contribution in [1.29, 1.82) is 0 Å². The second-order valence-electron chi connectivity index (χ2n) is 5.79. The minimum Gasteiger partial charge on any atom is -0.508 e. The van der Waals surface area contributed by atoms with Gasteiger partial charge in [-0.2, -0.15) is 0 Å². The Morgan fingerprint density at radius 1 is 1.18 bits per heavy atom. The molecule has 0 saturated carbocycles. The zero-order valence-corrected chi connectivity index (χ0v) is 12.6. The van der Waals surface area contributed by atoms with Gasteiger partial charge in [0, 0.05) is 18.7 Å². The van der Waals surface area contributed by atoms with Gasteiger partial charge in [-0.3, -0.25) is 0 Å². The van der Waals surface area contributed by atoms with Crippen molar-refractivity contribution in [3.8, 4) is 17.2 Å². The lowest BCUT2D eigenvalue weighted by molar-refractivity contribution is 0.0108. The minimum atomic E-state index is -1.67.